The minimum atomic E-state index is -0.217. The highest BCUT2D eigenvalue weighted by atomic mass is 16.5. The van der Waals surface area contributed by atoms with Crippen molar-refractivity contribution in [3.05, 3.63) is 17.2 Å². The molecule has 19 heavy (non-hydrogen) atoms. The van der Waals surface area contributed by atoms with E-state index in [9.17, 15) is 4.79 Å². The van der Waals surface area contributed by atoms with Crippen LogP contribution in [-0.4, -0.2) is 22.1 Å². The first-order valence-corrected chi connectivity index (χ1v) is 7.32. The van der Waals surface area contributed by atoms with Gasteiger partial charge in [-0.2, -0.15) is 0 Å². The fourth-order valence-electron chi connectivity index (χ4n) is 2.55. The summed E-state index contributed by atoms with van der Waals surface area (Å²) >= 11 is 0. The molecule has 0 radical (unpaired) electrons. The lowest BCUT2D eigenvalue weighted by Crippen LogP contribution is -2.19. The van der Waals surface area contributed by atoms with Crippen molar-refractivity contribution in [1.29, 1.82) is 0 Å². The Kier molecular flexibility index (Phi) is 4.27. The zero-order chi connectivity index (χ0) is 14.0. The van der Waals surface area contributed by atoms with E-state index < -0.39 is 0 Å². The van der Waals surface area contributed by atoms with Crippen LogP contribution in [-0.2, 0) is 17.7 Å². The predicted molar refractivity (Wildman–Crippen MR) is 74.4 cm³/mol. The number of carbonyl (C=O) groups is 1. The van der Waals surface area contributed by atoms with Crippen molar-refractivity contribution in [3.63, 3.8) is 0 Å². The quantitative estimate of drug-likeness (QED) is 0.785. The Labute approximate surface area is 115 Å². The Balaban J connectivity index is 2.46. The molecule has 4 nitrogen and oxygen atoms in total. The van der Waals surface area contributed by atoms with Crippen molar-refractivity contribution in [1.82, 2.24) is 9.55 Å². The molecule has 0 bridgehead atoms. The van der Waals surface area contributed by atoms with Crippen LogP contribution in [0.4, 0.5) is 0 Å². The van der Waals surface area contributed by atoms with Gasteiger partial charge in [0, 0.05) is 18.9 Å². The zero-order valence-electron chi connectivity index (χ0n) is 12.4. The van der Waals surface area contributed by atoms with E-state index in [2.05, 4.69) is 25.3 Å². The molecule has 0 fully saturated rings. The van der Waals surface area contributed by atoms with E-state index in [1.807, 2.05) is 6.92 Å². The van der Waals surface area contributed by atoms with Gasteiger partial charge in [-0.25, -0.2) is 9.78 Å². The Morgan fingerprint density at radius 3 is 2.74 bits per heavy atom. The zero-order valence-corrected chi connectivity index (χ0v) is 12.4. The van der Waals surface area contributed by atoms with Crippen LogP contribution in [0.15, 0.2) is 0 Å². The number of carbonyl (C=O) groups excluding carboxylic acids is 1. The third kappa shape index (κ3) is 2.67. The van der Waals surface area contributed by atoms with Crippen molar-refractivity contribution >= 4 is 5.97 Å². The number of ether oxygens (including phenoxy) is 1. The van der Waals surface area contributed by atoms with E-state index in [0.29, 0.717) is 18.2 Å². The van der Waals surface area contributed by atoms with Crippen LogP contribution < -0.4 is 0 Å². The summed E-state index contributed by atoms with van der Waals surface area (Å²) in [5.41, 5.74) is 1.61. The van der Waals surface area contributed by atoms with Crippen LogP contribution in [0.25, 0.3) is 0 Å². The lowest BCUT2D eigenvalue weighted by Gasteiger charge is -2.17. The van der Waals surface area contributed by atoms with Crippen LogP contribution in [0.5, 0.6) is 0 Å². The van der Waals surface area contributed by atoms with Gasteiger partial charge >= 0.3 is 5.97 Å². The number of esters is 1. The van der Waals surface area contributed by atoms with Gasteiger partial charge in [-0.15, -0.1) is 0 Å². The van der Waals surface area contributed by atoms with Crippen molar-refractivity contribution in [3.8, 4) is 0 Å². The molecular formula is C15H24N2O2. The van der Waals surface area contributed by atoms with E-state index in [0.717, 1.165) is 37.3 Å². The number of hydrogen-bond acceptors (Lipinski definition) is 3. The number of aryl methyl sites for hydroxylation is 1. The maximum atomic E-state index is 12.2. The largest absolute Gasteiger partial charge is 0.461 e. The van der Waals surface area contributed by atoms with Crippen LogP contribution in [0.2, 0.25) is 0 Å². The summed E-state index contributed by atoms with van der Waals surface area (Å²) < 4.78 is 7.30. The van der Waals surface area contributed by atoms with Gasteiger partial charge in [0.1, 0.15) is 5.82 Å². The van der Waals surface area contributed by atoms with Gasteiger partial charge in [-0.05, 0) is 25.7 Å². The fraction of sp³-hybridized carbons (Fsp3) is 0.733. The number of hydrogen-bond donors (Lipinski definition) is 0. The molecule has 1 aliphatic heterocycles. The molecule has 106 valence electrons. The number of imidazole rings is 1. The first kappa shape index (κ1) is 14.1. The van der Waals surface area contributed by atoms with E-state index >= 15 is 0 Å². The van der Waals surface area contributed by atoms with Gasteiger partial charge in [0.2, 0.25) is 0 Å². The van der Waals surface area contributed by atoms with Gasteiger partial charge in [-0.1, -0.05) is 20.8 Å². The standard InChI is InChI=1S/C15H24N2O2/c1-5-19-15(18)14-13(11(4)10(2)3)16-12-8-6-7-9-17(12)14/h10-11H,5-9H2,1-4H3/t11-/m1/s1. The van der Waals surface area contributed by atoms with Gasteiger partial charge in [0.05, 0.1) is 12.3 Å². The maximum absolute atomic E-state index is 12.2. The Hall–Kier alpha value is -1.32. The smallest absolute Gasteiger partial charge is 0.356 e. The highest BCUT2D eigenvalue weighted by Gasteiger charge is 2.29. The number of aromatic nitrogens is 2. The molecule has 0 saturated carbocycles. The molecule has 1 aliphatic rings. The van der Waals surface area contributed by atoms with Crippen molar-refractivity contribution in [2.45, 2.75) is 59.4 Å². The first-order chi connectivity index (χ1) is 9.06. The average molecular weight is 264 g/mol. The second kappa shape index (κ2) is 5.76. The monoisotopic (exact) mass is 264 g/mol. The molecule has 0 aromatic carbocycles. The number of nitrogens with zero attached hydrogens (tertiary/aromatic N) is 2. The molecule has 4 heteroatoms. The van der Waals surface area contributed by atoms with E-state index in [1.54, 1.807) is 0 Å². The van der Waals surface area contributed by atoms with Crippen molar-refractivity contribution in [2.75, 3.05) is 6.61 Å². The summed E-state index contributed by atoms with van der Waals surface area (Å²) in [7, 11) is 0. The molecule has 0 spiro atoms. The molecule has 0 N–H and O–H groups in total. The maximum Gasteiger partial charge on any atom is 0.356 e. The minimum absolute atomic E-state index is 0.217. The van der Waals surface area contributed by atoms with Crippen LogP contribution in [0.1, 0.15) is 68.5 Å². The Bertz CT molecular complexity index is 463. The summed E-state index contributed by atoms with van der Waals surface area (Å²) in [6.45, 7) is 9.62. The highest BCUT2D eigenvalue weighted by molar-refractivity contribution is 5.89. The van der Waals surface area contributed by atoms with Gasteiger partial charge in [0.25, 0.3) is 0 Å². The van der Waals surface area contributed by atoms with Crippen LogP contribution >= 0.6 is 0 Å². The van der Waals surface area contributed by atoms with Crippen molar-refractivity contribution in [2.24, 2.45) is 5.92 Å². The highest BCUT2D eigenvalue weighted by Crippen LogP contribution is 2.29. The van der Waals surface area contributed by atoms with Gasteiger partial charge < -0.3 is 9.30 Å². The summed E-state index contributed by atoms with van der Waals surface area (Å²) in [5, 5.41) is 0. The topological polar surface area (TPSA) is 44.1 Å². The lowest BCUT2D eigenvalue weighted by atomic mass is 9.93. The molecule has 2 rings (SSSR count). The molecule has 0 aliphatic carbocycles. The van der Waals surface area contributed by atoms with E-state index in [4.69, 9.17) is 9.72 Å². The molecule has 0 saturated heterocycles. The van der Waals surface area contributed by atoms with Crippen LogP contribution in [0, 0.1) is 5.92 Å². The molecule has 1 aromatic rings. The van der Waals surface area contributed by atoms with E-state index in [1.165, 1.54) is 0 Å². The summed E-state index contributed by atoms with van der Waals surface area (Å²) in [4.78, 5) is 17.0. The molecule has 0 unspecified atom stereocenters. The summed E-state index contributed by atoms with van der Waals surface area (Å²) in [5.74, 6) is 1.57. The normalized spacial score (nSPS) is 16.3. The van der Waals surface area contributed by atoms with Gasteiger partial charge in [0.15, 0.2) is 5.69 Å². The third-order valence-electron chi connectivity index (χ3n) is 4.01. The second-order valence-electron chi connectivity index (χ2n) is 5.62. The molecule has 1 aromatic heterocycles. The molecule has 2 heterocycles. The third-order valence-corrected chi connectivity index (χ3v) is 4.01. The van der Waals surface area contributed by atoms with Gasteiger partial charge in [-0.3, -0.25) is 0 Å². The Morgan fingerprint density at radius 1 is 1.37 bits per heavy atom. The summed E-state index contributed by atoms with van der Waals surface area (Å²) in [6, 6.07) is 0. The summed E-state index contributed by atoms with van der Waals surface area (Å²) in [6.07, 6.45) is 3.25. The van der Waals surface area contributed by atoms with Crippen LogP contribution in [0.3, 0.4) is 0 Å². The van der Waals surface area contributed by atoms with E-state index in [-0.39, 0.29) is 11.9 Å². The number of fused-ring (bicyclic) bond motifs is 1. The average Bonchev–Trinajstić information content (AvgIpc) is 2.77. The first-order valence-electron chi connectivity index (χ1n) is 7.32. The van der Waals surface area contributed by atoms with Crippen molar-refractivity contribution < 1.29 is 9.53 Å². The minimum Gasteiger partial charge on any atom is -0.461 e. The Morgan fingerprint density at radius 2 is 2.11 bits per heavy atom. The molecule has 0 amide bonds. The SMILES string of the molecule is CCOC(=O)c1c([C@H](C)C(C)C)nc2n1CCCC2. The fourth-order valence-corrected chi connectivity index (χ4v) is 2.55. The molecular weight excluding hydrogens is 240 g/mol. The predicted octanol–water partition coefficient (Wildman–Crippen LogP) is 3.16. The second-order valence-corrected chi connectivity index (χ2v) is 5.62. The molecule has 1 atom stereocenters. The number of rotatable bonds is 4. The lowest BCUT2D eigenvalue weighted by molar-refractivity contribution is 0.0510.